The van der Waals surface area contributed by atoms with Crippen LogP contribution in [0.2, 0.25) is 0 Å². The molecule has 1 aromatic carbocycles. The number of aromatic nitrogens is 1. The molecule has 2 fully saturated rings. The second-order valence-corrected chi connectivity index (χ2v) is 7.73. The standard InChI is InChI=1S/C19H17F5N2O4/c20-13-3-10-15(26(9-1-2-9)5-11(17(10)28)18(29)30)14(21)16(13)25-4-8(7-27)12(6-25)19(22,23)24/h3,5,8-9,12,27H,1-2,4,6-7H2,(H,29,30). The highest BCUT2D eigenvalue weighted by molar-refractivity contribution is 5.94. The third kappa shape index (κ3) is 3.21. The lowest BCUT2D eigenvalue weighted by atomic mass is 9.97. The average molecular weight is 432 g/mol. The van der Waals surface area contributed by atoms with E-state index in [-0.39, 0.29) is 11.6 Å². The summed E-state index contributed by atoms with van der Waals surface area (Å²) in [5.74, 6) is -7.23. The molecular formula is C19H17F5N2O4. The first-order valence-electron chi connectivity index (χ1n) is 9.27. The van der Waals surface area contributed by atoms with Crippen LogP contribution in [0.4, 0.5) is 27.6 Å². The SMILES string of the molecule is O=C(O)c1cn(C2CC2)c2c(F)c(N3CC(CO)C(C(F)(F)F)C3)c(F)cc2c1=O. The summed E-state index contributed by atoms with van der Waals surface area (Å²) in [5.41, 5.74) is -2.76. The van der Waals surface area contributed by atoms with Gasteiger partial charge in [-0.25, -0.2) is 13.6 Å². The second-order valence-electron chi connectivity index (χ2n) is 7.73. The van der Waals surface area contributed by atoms with Gasteiger partial charge in [-0.05, 0) is 18.9 Å². The van der Waals surface area contributed by atoms with Gasteiger partial charge < -0.3 is 19.7 Å². The first-order valence-corrected chi connectivity index (χ1v) is 9.27. The quantitative estimate of drug-likeness (QED) is 0.727. The van der Waals surface area contributed by atoms with E-state index in [1.54, 1.807) is 0 Å². The Morgan fingerprint density at radius 2 is 1.87 bits per heavy atom. The zero-order valence-corrected chi connectivity index (χ0v) is 15.4. The van der Waals surface area contributed by atoms with Crippen LogP contribution < -0.4 is 10.3 Å². The van der Waals surface area contributed by atoms with Gasteiger partial charge in [0.15, 0.2) is 5.82 Å². The Balaban J connectivity index is 1.91. The first kappa shape index (κ1) is 20.6. The van der Waals surface area contributed by atoms with Gasteiger partial charge >= 0.3 is 12.1 Å². The van der Waals surface area contributed by atoms with Gasteiger partial charge in [0, 0.05) is 37.9 Å². The highest BCUT2D eigenvalue weighted by atomic mass is 19.4. The topological polar surface area (TPSA) is 82.8 Å². The first-order chi connectivity index (χ1) is 14.0. The number of carboxylic acids is 1. The van der Waals surface area contributed by atoms with Crippen molar-refractivity contribution in [2.45, 2.75) is 25.1 Å². The molecule has 0 radical (unpaired) electrons. The summed E-state index contributed by atoms with van der Waals surface area (Å²) >= 11 is 0. The van der Waals surface area contributed by atoms with Crippen LogP contribution in [-0.4, -0.2) is 46.6 Å². The van der Waals surface area contributed by atoms with Crippen LogP contribution in [-0.2, 0) is 0 Å². The molecule has 2 unspecified atom stereocenters. The fraction of sp³-hybridized carbons (Fsp3) is 0.474. The van der Waals surface area contributed by atoms with Crippen molar-refractivity contribution in [2.75, 3.05) is 24.6 Å². The smallest absolute Gasteiger partial charge is 0.393 e. The molecule has 1 saturated heterocycles. The summed E-state index contributed by atoms with van der Waals surface area (Å²) in [5, 5.41) is 18.1. The molecule has 1 aliphatic carbocycles. The number of pyridine rings is 1. The average Bonchev–Trinajstić information content (AvgIpc) is 3.40. The summed E-state index contributed by atoms with van der Waals surface area (Å²) in [7, 11) is 0. The highest BCUT2D eigenvalue weighted by Gasteiger charge is 2.50. The number of alkyl halides is 3. The predicted molar refractivity (Wildman–Crippen MR) is 95.7 cm³/mol. The minimum absolute atomic E-state index is 0.286. The van der Waals surface area contributed by atoms with Gasteiger partial charge in [0.05, 0.1) is 16.8 Å². The number of hydrogen-bond donors (Lipinski definition) is 2. The molecule has 2 atom stereocenters. The van der Waals surface area contributed by atoms with Crippen molar-refractivity contribution in [3.63, 3.8) is 0 Å². The number of nitrogens with zero attached hydrogens (tertiary/aromatic N) is 2. The number of hydrogen-bond acceptors (Lipinski definition) is 4. The van der Waals surface area contributed by atoms with Gasteiger partial charge in [-0.2, -0.15) is 13.2 Å². The maximum absolute atomic E-state index is 15.5. The molecule has 162 valence electrons. The fourth-order valence-corrected chi connectivity index (χ4v) is 4.12. The minimum atomic E-state index is -4.65. The van der Waals surface area contributed by atoms with Crippen molar-refractivity contribution < 1.29 is 37.0 Å². The van der Waals surface area contributed by atoms with E-state index in [0.29, 0.717) is 18.9 Å². The van der Waals surface area contributed by atoms with Gasteiger partial charge in [0.1, 0.15) is 17.1 Å². The van der Waals surface area contributed by atoms with Gasteiger partial charge in [0.25, 0.3) is 0 Å². The van der Waals surface area contributed by atoms with Gasteiger partial charge in [-0.15, -0.1) is 0 Å². The zero-order valence-electron chi connectivity index (χ0n) is 15.4. The second kappa shape index (κ2) is 6.93. The van der Waals surface area contributed by atoms with Crippen molar-refractivity contribution in [1.29, 1.82) is 0 Å². The number of benzene rings is 1. The molecule has 2 N–H and O–H groups in total. The Morgan fingerprint density at radius 1 is 1.20 bits per heavy atom. The van der Waals surface area contributed by atoms with E-state index < -0.39 is 77.4 Å². The summed E-state index contributed by atoms with van der Waals surface area (Å²) in [6.07, 6.45) is -2.47. The number of aliphatic hydroxyl groups is 1. The molecule has 0 spiro atoms. The van der Waals surface area contributed by atoms with Crippen LogP contribution in [0, 0.1) is 23.5 Å². The number of aliphatic hydroxyl groups excluding tert-OH is 1. The van der Waals surface area contributed by atoms with E-state index in [4.69, 9.17) is 0 Å². The Morgan fingerprint density at radius 3 is 2.37 bits per heavy atom. The maximum Gasteiger partial charge on any atom is 0.393 e. The largest absolute Gasteiger partial charge is 0.477 e. The van der Waals surface area contributed by atoms with Crippen molar-refractivity contribution in [3.05, 3.63) is 39.7 Å². The summed E-state index contributed by atoms with van der Waals surface area (Å²) < 4.78 is 71.3. The van der Waals surface area contributed by atoms with Crippen molar-refractivity contribution in [3.8, 4) is 0 Å². The number of halogens is 5. The predicted octanol–water partition coefficient (Wildman–Crippen LogP) is 2.92. The van der Waals surface area contributed by atoms with Crippen LogP contribution in [0.5, 0.6) is 0 Å². The zero-order chi connectivity index (χ0) is 22.0. The highest BCUT2D eigenvalue weighted by Crippen LogP contribution is 2.43. The van der Waals surface area contributed by atoms with Gasteiger partial charge in [-0.3, -0.25) is 4.79 Å². The van der Waals surface area contributed by atoms with Crippen LogP contribution in [0.25, 0.3) is 10.9 Å². The van der Waals surface area contributed by atoms with E-state index in [0.717, 1.165) is 11.1 Å². The van der Waals surface area contributed by atoms with Crippen LogP contribution >= 0.6 is 0 Å². The van der Waals surface area contributed by atoms with Crippen LogP contribution in [0.15, 0.2) is 17.1 Å². The molecule has 11 heteroatoms. The van der Waals surface area contributed by atoms with Gasteiger partial charge in [-0.1, -0.05) is 0 Å². The third-order valence-electron chi connectivity index (χ3n) is 5.77. The molecule has 2 aliphatic rings. The number of rotatable bonds is 4. The normalized spacial score (nSPS) is 22.1. The maximum atomic E-state index is 15.5. The minimum Gasteiger partial charge on any atom is -0.477 e. The molecular weight excluding hydrogens is 415 g/mol. The molecule has 6 nitrogen and oxygen atoms in total. The number of carboxylic acid groups (broad SMARTS) is 1. The van der Waals surface area contributed by atoms with E-state index in [9.17, 15) is 37.4 Å². The van der Waals surface area contributed by atoms with E-state index >= 15 is 4.39 Å². The van der Waals surface area contributed by atoms with Crippen molar-refractivity contribution in [2.24, 2.45) is 11.8 Å². The number of anilines is 1. The van der Waals surface area contributed by atoms with Crippen molar-refractivity contribution in [1.82, 2.24) is 4.57 Å². The number of carbonyl (C=O) groups is 1. The van der Waals surface area contributed by atoms with E-state index in [1.807, 2.05) is 0 Å². The Hall–Kier alpha value is -2.69. The van der Waals surface area contributed by atoms with Crippen LogP contribution in [0.1, 0.15) is 29.2 Å². The molecule has 2 heterocycles. The van der Waals surface area contributed by atoms with Crippen LogP contribution in [0.3, 0.4) is 0 Å². The molecule has 30 heavy (non-hydrogen) atoms. The third-order valence-corrected chi connectivity index (χ3v) is 5.77. The number of fused-ring (bicyclic) bond motifs is 1. The summed E-state index contributed by atoms with van der Waals surface area (Å²) in [4.78, 5) is 24.7. The molecule has 2 aromatic rings. The molecule has 1 aromatic heterocycles. The molecule has 1 aliphatic heterocycles. The fourth-order valence-electron chi connectivity index (χ4n) is 4.12. The molecule has 0 amide bonds. The summed E-state index contributed by atoms with van der Waals surface area (Å²) in [6, 6.07) is 0.390. The van der Waals surface area contributed by atoms with Gasteiger partial charge in [0.2, 0.25) is 5.43 Å². The lowest BCUT2D eigenvalue weighted by molar-refractivity contribution is -0.181. The molecule has 0 bridgehead atoms. The molecule has 4 rings (SSSR count). The monoisotopic (exact) mass is 432 g/mol. The van der Waals surface area contributed by atoms with E-state index in [2.05, 4.69) is 0 Å². The lowest BCUT2D eigenvalue weighted by Crippen LogP contribution is -2.31. The van der Waals surface area contributed by atoms with Crippen molar-refractivity contribution >= 4 is 22.6 Å². The number of aromatic carboxylic acids is 1. The lowest BCUT2D eigenvalue weighted by Gasteiger charge is -2.23. The van der Waals surface area contributed by atoms with E-state index in [1.165, 1.54) is 4.57 Å². The Bertz CT molecular complexity index is 1090. The Labute approximate surface area is 166 Å². The molecule has 1 saturated carbocycles. The summed E-state index contributed by atoms with van der Waals surface area (Å²) in [6.45, 7) is -1.96. The Kier molecular flexibility index (Phi) is 4.75.